The number of benzene rings is 1. The number of ether oxygens (including phenoxy) is 2. The maximum Gasteiger partial charge on any atom is 0.278 e. The molecule has 3 rings (SSSR count). The Bertz CT molecular complexity index is 925. The smallest absolute Gasteiger partial charge is 0.278 e. The van der Waals surface area contributed by atoms with Gasteiger partial charge in [0.2, 0.25) is 0 Å². The molecule has 0 fully saturated rings. The van der Waals surface area contributed by atoms with Crippen LogP contribution in [0.4, 0.5) is 10.1 Å². The molecule has 0 radical (unpaired) electrons. The van der Waals surface area contributed by atoms with Crippen LogP contribution < -0.4 is 14.8 Å². The van der Waals surface area contributed by atoms with E-state index in [0.29, 0.717) is 23.6 Å². The number of hydrogen-bond donors (Lipinski definition) is 2. The molecule has 0 aliphatic heterocycles. The lowest BCUT2D eigenvalue weighted by atomic mass is 9.96. The Kier molecular flexibility index (Phi) is 6.49. The summed E-state index contributed by atoms with van der Waals surface area (Å²) in [5, 5.41) is 12.8. The molecule has 0 saturated carbocycles. The van der Waals surface area contributed by atoms with Crippen LogP contribution in [0.3, 0.4) is 0 Å². The number of amides is 1. The van der Waals surface area contributed by atoms with Gasteiger partial charge in [-0.15, -0.1) is 0 Å². The van der Waals surface area contributed by atoms with Crippen LogP contribution in [0.1, 0.15) is 24.3 Å². The first-order valence-corrected chi connectivity index (χ1v) is 9.35. The summed E-state index contributed by atoms with van der Waals surface area (Å²) in [6.45, 7) is 3.61. The van der Waals surface area contributed by atoms with Gasteiger partial charge in [0.05, 0.1) is 6.61 Å². The van der Waals surface area contributed by atoms with Crippen LogP contribution >= 0.6 is 0 Å². The fourth-order valence-electron chi connectivity index (χ4n) is 2.87. The standard InChI is InChI=1S/C22H23FN2O4/c1-3-28-18-10-11-24-20(21(18)26)22(27)25-16-6-8-17(9-7-16)29-19-12-15(13-23)5-4-14(19)2/h4-12,14,19,26H,3,13H2,1-2H3,(H,25,27). The quantitative estimate of drug-likeness (QED) is 0.727. The molecule has 2 aromatic rings. The minimum absolute atomic E-state index is 0.122. The molecule has 1 aliphatic carbocycles. The van der Waals surface area contributed by atoms with E-state index in [1.165, 1.54) is 12.3 Å². The predicted molar refractivity (Wildman–Crippen MR) is 108 cm³/mol. The molecule has 152 valence electrons. The van der Waals surface area contributed by atoms with Gasteiger partial charge in [0.1, 0.15) is 18.5 Å². The zero-order chi connectivity index (χ0) is 20.8. The number of halogens is 1. The molecule has 0 saturated heterocycles. The van der Waals surface area contributed by atoms with Gasteiger partial charge in [-0.25, -0.2) is 9.37 Å². The number of aromatic nitrogens is 1. The van der Waals surface area contributed by atoms with Gasteiger partial charge < -0.3 is 19.9 Å². The average molecular weight is 398 g/mol. The highest BCUT2D eigenvalue weighted by Gasteiger charge is 2.19. The van der Waals surface area contributed by atoms with Crippen molar-refractivity contribution in [2.24, 2.45) is 5.92 Å². The molecule has 1 aromatic heterocycles. The van der Waals surface area contributed by atoms with Gasteiger partial charge >= 0.3 is 0 Å². The van der Waals surface area contributed by atoms with E-state index in [9.17, 15) is 14.3 Å². The molecule has 1 heterocycles. The monoisotopic (exact) mass is 398 g/mol. The number of anilines is 1. The number of rotatable bonds is 7. The Hall–Kier alpha value is -3.35. The second kappa shape index (κ2) is 9.23. The summed E-state index contributed by atoms with van der Waals surface area (Å²) in [6.07, 6.45) is 6.61. The van der Waals surface area contributed by atoms with Crippen LogP contribution in [0, 0.1) is 5.92 Å². The number of carbonyl (C=O) groups excluding carboxylic acids is 1. The van der Waals surface area contributed by atoms with E-state index in [0.717, 1.165) is 0 Å². The van der Waals surface area contributed by atoms with Gasteiger partial charge in [-0.1, -0.05) is 19.1 Å². The molecule has 2 N–H and O–H groups in total. The van der Waals surface area contributed by atoms with Crippen molar-refractivity contribution in [1.82, 2.24) is 4.98 Å². The summed E-state index contributed by atoms with van der Waals surface area (Å²) < 4.78 is 24.1. The topological polar surface area (TPSA) is 80.7 Å². The van der Waals surface area contributed by atoms with Crippen LogP contribution in [0.15, 0.2) is 60.3 Å². The normalized spacial score (nSPS) is 18.1. The van der Waals surface area contributed by atoms with E-state index in [4.69, 9.17) is 9.47 Å². The van der Waals surface area contributed by atoms with Gasteiger partial charge in [0, 0.05) is 23.9 Å². The largest absolute Gasteiger partial charge is 0.503 e. The third-order valence-electron chi connectivity index (χ3n) is 4.45. The van der Waals surface area contributed by atoms with Crippen molar-refractivity contribution < 1.29 is 23.8 Å². The van der Waals surface area contributed by atoms with Crippen molar-refractivity contribution in [3.8, 4) is 17.2 Å². The Balaban J connectivity index is 1.67. The SMILES string of the molecule is CCOc1ccnc(C(=O)Nc2ccc(OC3C=C(CF)C=CC3C)cc2)c1O. The fraction of sp³-hybridized carbons (Fsp3) is 0.273. The maximum absolute atomic E-state index is 12.9. The maximum atomic E-state index is 12.9. The summed E-state index contributed by atoms with van der Waals surface area (Å²) in [5.74, 6) is 0.0638. The van der Waals surface area contributed by atoms with Gasteiger partial charge in [-0.3, -0.25) is 4.79 Å². The third-order valence-corrected chi connectivity index (χ3v) is 4.45. The lowest BCUT2D eigenvalue weighted by molar-refractivity contribution is 0.101. The van der Waals surface area contributed by atoms with Crippen LogP contribution in [0.5, 0.6) is 17.2 Å². The van der Waals surface area contributed by atoms with Crippen molar-refractivity contribution in [2.45, 2.75) is 20.0 Å². The minimum atomic E-state index is -0.556. The molecular formula is C22H23FN2O4. The molecule has 1 aromatic carbocycles. The zero-order valence-corrected chi connectivity index (χ0v) is 16.3. The summed E-state index contributed by atoms with van der Waals surface area (Å²) in [5.41, 5.74) is 0.989. The molecule has 1 aliphatic rings. The third kappa shape index (κ3) is 4.93. The van der Waals surface area contributed by atoms with E-state index in [-0.39, 0.29) is 29.2 Å². The van der Waals surface area contributed by atoms with Crippen molar-refractivity contribution in [2.75, 3.05) is 18.6 Å². The number of nitrogens with one attached hydrogen (secondary N) is 1. The van der Waals surface area contributed by atoms with Crippen molar-refractivity contribution in [1.29, 1.82) is 0 Å². The first kappa shape index (κ1) is 20.4. The molecule has 0 bridgehead atoms. The Morgan fingerprint density at radius 3 is 2.72 bits per heavy atom. The van der Waals surface area contributed by atoms with Crippen LogP contribution in [-0.4, -0.2) is 35.4 Å². The molecule has 2 atom stereocenters. The number of allylic oxidation sites excluding steroid dienone is 2. The van der Waals surface area contributed by atoms with Crippen LogP contribution in [0.2, 0.25) is 0 Å². The molecular weight excluding hydrogens is 375 g/mol. The first-order valence-electron chi connectivity index (χ1n) is 9.35. The van der Waals surface area contributed by atoms with Gasteiger partial charge in [0.25, 0.3) is 5.91 Å². The number of pyridine rings is 1. The molecule has 0 spiro atoms. The molecule has 2 unspecified atom stereocenters. The Morgan fingerprint density at radius 1 is 1.28 bits per heavy atom. The summed E-state index contributed by atoms with van der Waals surface area (Å²) in [6, 6.07) is 8.28. The summed E-state index contributed by atoms with van der Waals surface area (Å²) in [4.78, 5) is 16.4. The fourth-order valence-corrected chi connectivity index (χ4v) is 2.87. The van der Waals surface area contributed by atoms with E-state index >= 15 is 0 Å². The lowest BCUT2D eigenvalue weighted by Crippen LogP contribution is -2.24. The van der Waals surface area contributed by atoms with Gasteiger partial charge in [-0.2, -0.15) is 0 Å². The summed E-state index contributed by atoms with van der Waals surface area (Å²) >= 11 is 0. The molecule has 1 amide bonds. The second-order valence-corrected chi connectivity index (χ2v) is 6.59. The van der Waals surface area contributed by atoms with E-state index in [1.807, 2.05) is 13.0 Å². The number of carbonyl (C=O) groups is 1. The first-order chi connectivity index (χ1) is 14.0. The Morgan fingerprint density at radius 2 is 2.03 bits per heavy atom. The van der Waals surface area contributed by atoms with E-state index < -0.39 is 12.6 Å². The highest BCUT2D eigenvalue weighted by Crippen LogP contribution is 2.29. The van der Waals surface area contributed by atoms with E-state index in [1.54, 1.807) is 43.3 Å². The Labute approximate surface area is 168 Å². The van der Waals surface area contributed by atoms with Crippen molar-refractivity contribution in [3.63, 3.8) is 0 Å². The van der Waals surface area contributed by atoms with Gasteiger partial charge in [-0.05, 0) is 42.8 Å². The highest BCUT2D eigenvalue weighted by atomic mass is 19.1. The number of aromatic hydroxyl groups is 1. The predicted octanol–water partition coefficient (Wildman–Crippen LogP) is 4.29. The van der Waals surface area contributed by atoms with Crippen molar-refractivity contribution >= 4 is 11.6 Å². The average Bonchev–Trinajstić information content (AvgIpc) is 2.72. The lowest BCUT2D eigenvalue weighted by Gasteiger charge is -2.24. The van der Waals surface area contributed by atoms with Crippen molar-refractivity contribution in [3.05, 3.63) is 66.0 Å². The number of alkyl halides is 1. The molecule has 29 heavy (non-hydrogen) atoms. The van der Waals surface area contributed by atoms with Crippen LogP contribution in [0.25, 0.3) is 0 Å². The molecule has 7 heteroatoms. The number of nitrogens with zero attached hydrogens (tertiary/aromatic N) is 1. The van der Waals surface area contributed by atoms with Crippen LogP contribution in [-0.2, 0) is 0 Å². The second-order valence-electron chi connectivity index (χ2n) is 6.59. The minimum Gasteiger partial charge on any atom is -0.503 e. The number of hydrogen-bond acceptors (Lipinski definition) is 5. The van der Waals surface area contributed by atoms with E-state index in [2.05, 4.69) is 10.3 Å². The highest BCUT2D eigenvalue weighted by molar-refractivity contribution is 6.05. The van der Waals surface area contributed by atoms with Gasteiger partial charge in [0.15, 0.2) is 17.2 Å². The molecule has 6 nitrogen and oxygen atoms in total. The zero-order valence-electron chi connectivity index (χ0n) is 16.3. The summed E-state index contributed by atoms with van der Waals surface area (Å²) in [7, 11) is 0.